The molecule has 3 aromatic heterocycles. The van der Waals surface area contributed by atoms with Crippen LogP contribution in [0.5, 0.6) is 0 Å². The van der Waals surface area contributed by atoms with E-state index < -0.39 is 0 Å². The Bertz CT molecular complexity index is 955. The van der Waals surface area contributed by atoms with Crippen LogP contribution in [-0.2, 0) is 5.75 Å². The molecule has 5 nitrogen and oxygen atoms in total. The number of hydrogen-bond donors (Lipinski definition) is 0. The zero-order valence-corrected chi connectivity index (χ0v) is 15.5. The highest BCUT2D eigenvalue weighted by Gasteiger charge is 2.18. The molecule has 4 aromatic rings. The van der Waals surface area contributed by atoms with Crippen LogP contribution in [0.4, 0.5) is 0 Å². The van der Waals surface area contributed by atoms with Gasteiger partial charge in [-0.1, -0.05) is 41.2 Å². The maximum Gasteiger partial charge on any atom is 0.196 e. The van der Waals surface area contributed by atoms with Crippen LogP contribution >= 0.6 is 23.1 Å². The Balaban J connectivity index is 1.73. The first-order valence-corrected chi connectivity index (χ1v) is 9.70. The van der Waals surface area contributed by atoms with E-state index in [4.69, 9.17) is 4.52 Å². The highest BCUT2D eigenvalue weighted by atomic mass is 32.2. The lowest BCUT2D eigenvalue weighted by Crippen LogP contribution is -1.99. The van der Waals surface area contributed by atoms with E-state index in [1.54, 1.807) is 23.1 Å². The zero-order chi connectivity index (χ0) is 17.2. The van der Waals surface area contributed by atoms with Crippen molar-refractivity contribution in [1.82, 2.24) is 19.9 Å². The highest BCUT2D eigenvalue weighted by molar-refractivity contribution is 7.98. The van der Waals surface area contributed by atoms with Crippen molar-refractivity contribution in [2.45, 2.75) is 24.8 Å². The van der Waals surface area contributed by atoms with E-state index in [1.165, 1.54) is 0 Å². The first-order chi connectivity index (χ1) is 12.2. The number of aryl methyl sites for hydroxylation is 2. The van der Waals surface area contributed by atoms with Crippen LogP contribution in [0.2, 0.25) is 0 Å². The van der Waals surface area contributed by atoms with Crippen molar-refractivity contribution in [3.05, 3.63) is 64.9 Å². The largest absolute Gasteiger partial charge is 0.361 e. The summed E-state index contributed by atoms with van der Waals surface area (Å²) in [4.78, 5) is 1.10. The molecular formula is C18H16N4OS2. The smallest absolute Gasteiger partial charge is 0.196 e. The monoisotopic (exact) mass is 368 g/mol. The van der Waals surface area contributed by atoms with Gasteiger partial charge in [0.2, 0.25) is 0 Å². The van der Waals surface area contributed by atoms with Gasteiger partial charge in [0.15, 0.2) is 11.0 Å². The number of rotatable bonds is 5. The SMILES string of the molecule is Cc1noc(C)c1CSc1nnc(-c2cccs2)n1-c1ccccc1. The predicted molar refractivity (Wildman–Crippen MR) is 100 cm³/mol. The van der Waals surface area contributed by atoms with E-state index in [-0.39, 0.29) is 0 Å². The van der Waals surface area contributed by atoms with Crippen molar-refractivity contribution in [3.63, 3.8) is 0 Å². The molecule has 0 bridgehead atoms. The van der Waals surface area contributed by atoms with Crippen LogP contribution in [-0.4, -0.2) is 19.9 Å². The van der Waals surface area contributed by atoms with E-state index >= 15 is 0 Å². The molecule has 0 atom stereocenters. The van der Waals surface area contributed by atoms with Gasteiger partial charge in [-0.3, -0.25) is 4.57 Å². The van der Waals surface area contributed by atoms with Gasteiger partial charge in [0.1, 0.15) is 5.76 Å². The number of nitrogens with zero attached hydrogens (tertiary/aromatic N) is 4. The maximum absolute atomic E-state index is 5.26. The molecule has 0 unspecified atom stereocenters. The molecule has 25 heavy (non-hydrogen) atoms. The molecule has 4 rings (SSSR count). The van der Waals surface area contributed by atoms with Crippen molar-refractivity contribution >= 4 is 23.1 Å². The summed E-state index contributed by atoms with van der Waals surface area (Å²) in [6.45, 7) is 3.90. The molecule has 0 saturated carbocycles. The fourth-order valence-corrected chi connectivity index (χ4v) is 4.39. The molecule has 3 heterocycles. The summed E-state index contributed by atoms with van der Waals surface area (Å²) in [6, 6.07) is 14.3. The molecule has 0 aliphatic rings. The Morgan fingerprint density at radius 2 is 1.92 bits per heavy atom. The number of aromatic nitrogens is 4. The molecule has 0 amide bonds. The van der Waals surface area contributed by atoms with Crippen molar-refractivity contribution in [3.8, 4) is 16.4 Å². The minimum Gasteiger partial charge on any atom is -0.361 e. The molecule has 0 saturated heterocycles. The van der Waals surface area contributed by atoms with Gasteiger partial charge in [-0.15, -0.1) is 21.5 Å². The molecule has 126 valence electrons. The van der Waals surface area contributed by atoms with Crippen molar-refractivity contribution < 1.29 is 4.52 Å². The summed E-state index contributed by atoms with van der Waals surface area (Å²) in [5.41, 5.74) is 3.09. The summed E-state index contributed by atoms with van der Waals surface area (Å²) in [5, 5.41) is 15.8. The van der Waals surface area contributed by atoms with Crippen molar-refractivity contribution in [2.24, 2.45) is 0 Å². The molecule has 1 aromatic carbocycles. The van der Waals surface area contributed by atoms with Crippen LogP contribution in [0.25, 0.3) is 16.4 Å². The van der Waals surface area contributed by atoms with Gasteiger partial charge in [-0.25, -0.2) is 0 Å². The molecule has 7 heteroatoms. The van der Waals surface area contributed by atoms with Gasteiger partial charge in [0.25, 0.3) is 0 Å². The van der Waals surface area contributed by atoms with E-state index in [0.717, 1.165) is 44.3 Å². The fraction of sp³-hybridized carbons (Fsp3) is 0.167. The Hall–Kier alpha value is -2.38. The second-order valence-electron chi connectivity index (χ2n) is 5.55. The van der Waals surface area contributed by atoms with E-state index in [0.29, 0.717) is 0 Å². The second-order valence-corrected chi connectivity index (χ2v) is 7.44. The third kappa shape index (κ3) is 3.12. The van der Waals surface area contributed by atoms with E-state index in [1.807, 2.05) is 38.1 Å². The van der Waals surface area contributed by atoms with Crippen LogP contribution in [0, 0.1) is 13.8 Å². The average Bonchev–Trinajstić information content (AvgIpc) is 3.35. The van der Waals surface area contributed by atoms with Gasteiger partial charge < -0.3 is 4.52 Å². The molecule has 0 aliphatic carbocycles. The van der Waals surface area contributed by atoms with Gasteiger partial charge in [0.05, 0.1) is 10.6 Å². The lowest BCUT2D eigenvalue weighted by molar-refractivity contribution is 0.392. The second kappa shape index (κ2) is 6.85. The summed E-state index contributed by atoms with van der Waals surface area (Å²) >= 11 is 3.30. The summed E-state index contributed by atoms with van der Waals surface area (Å²) in [5.74, 6) is 2.47. The maximum atomic E-state index is 5.26. The molecule has 0 aliphatic heterocycles. The number of benzene rings is 1. The standard InChI is InChI=1S/C18H16N4OS2/c1-12-15(13(2)23-21-12)11-25-18-20-19-17(16-9-6-10-24-16)22(18)14-7-4-3-5-8-14/h3-10H,11H2,1-2H3. The van der Waals surface area contributed by atoms with Crippen molar-refractivity contribution in [1.29, 1.82) is 0 Å². The first kappa shape index (κ1) is 16.1. The first-order valence-electron chi connectivity index (χ1n) is 7.83. The highest BCUT2D eigenvalue weighted by Crippen LogP contribution is 2.32. The molecule has 0 N–H and O–H groups in total. The van der Waals surface area contributed by atoms with Gasteiger partial charge in [0, 0.05) is 17.0 Å². The zero-order valence-electron chi connectivity index (χ0n) is 13.8. The van der Waals surface area contributed by atoms with Crippen molar-refractivity contribution in [2.75, 3.05) is 0 Å². The van der Waals surface area contributed by atoms with Crippen LogP contribution < -0.4 is 0 Å². The quantitative estimate of drug-likeness (QED) is 0.469. The third-order valence-corrected chi connectivity index (χ3v) is 5.74. The van der Waals surface area contributed by atoms with E-state index in [2.05, 4.69) is 43.5 Å². The Morgan fingerprint density at radius 3 is 2.60 bits per heavy atom. The topological polar surface area (TPSA) is 56.7 Å². The Labute approximate surface area is 153 Å². The lowest BCUT2D eigenvalue weighted by Gasteiger charge is -2.09. The van der Waals surface area contributed by atoms with Crippen LogP contribution in [0.15, 0.2) is 57.5 Å². The lowest BCUT2D eigenvalue weighted by atomic mass is 10.2. The van der Waals surface area contributed by atoms with Crippen LogP contribution in [0.1, 0.15) is 17.0 Å². The Morgan fingerprint density at radius 1 is 1.08 bits per heavy atom. The Kier molecular flexibility index (Phi) is 4.42. The number of para-hydroxylation sites is 1. The minimum atomic E-state index is 0.747. The molecular weight excluding hydrogens is 352 g/mol. The van der Waals surface area contributed by atoms with E-state index in [9.17, 15) is 0 Å². The third-order valence-electron chi connectivity index (χ3n) is 3.92. The number of hydrogen-bond acceptors (Lipinski definition) is 6. The summed E-state index contributed by atoms with van der Waals surface area (Å²) in [7, 11) is 0. The van der Waals surface area contributed by atoms with Gasteiger partial charge >= 0.3 is 0 Å². The predicted octanol–water partition coefficient (Wildman–Crippen LogP) is 4.89. The van der Waals surface area contributed by atoms with Gasteiger partial charge in [-0.2, -0.15) is 0 Å². The average molecular weight is 368 g/mol. The van der Waals surface area contributed by atoms with Gasteiger partial charge in [-0.05, 0) is 37.4 Å². The minimum absolute atomic E-state index is 0.747. The molecule has 0 spiro atoms. The summed E-state index contributed by atoms with van der Waals surface area (Å²) < 4.78 is 7.36. The number of thiophene rings is 1. The molecule has 0 radical (unpaired) electrons. The molecule has 0 fully saturated rings. The fourth-order valence-electron chi connectivity index (χ4n) is 2.58. The van der Waals surface area contributed by atoms with Crippen LogP contribution in [0.3, 0.4) is 0 Å². The number of thioether (sulfide) groups is 1. The normalized spacial score (nSPS) is 11.1. The summed E-state index contributed by atoms with van der Waals surface area (Å²) in [6.07, 6.45) is 0.